The molecule has 8 aromatic rings. The van der Waals surface area contributed by atoms with Gasteiger partial charge in [-0.2, -0.15) is 11.3 Å². The van der Waals surface area contributed by atoms with Crippen LogP contribution in [-0.2, 0) is 31.9 Å². The van der Waals surface area contributed by atoms with Crippen molar-refractivity contribution < 1.29 is 20.1 Å². The van der Waals surface area contributed by atoms with Gasteiger partial charge >= 0.3 is 144 Å². The second-order valence-corrected chi connectivity index (χ2v) is 28.9. The Kier molecular flexibility index (Phi) is 12.2. The molecule has 0 unspecified atom stereocenters. The topological polar surface area (TPSA) is 30.7 Å². The quantitative estimate of drug-likeness (QED) is 0.123. The van der Waals surface area contributed by atoms with E-state index in [2.05, 4.69) is 158 Å². The zero-order valence-corrected chi connectivity index (χ0v) is 38.8. The van der Waals surface area contributed by atoms with Gasteiger partial charge in [0.2, 0.25) is 0 Å². The molecular weight excluding hydrogens is 939 g/mol. The van der Waals surface area contributed by atoms with Crippen LogP contribution in [0.4, 0.5) is 0 Å². The molecule has 1 radical (unpaired) electrons. The Hall–Kier alpha value is -3.87. The molecule has 1 fully saturated rings. The standard InChI is InChI=1S/C29H23N2S.C21H28GeN.Ir/c1-29(2,3)20-13-15-21(16-14-20)31-25-10-6-5-9-24(25)30-28(31)19-12-17-23-22-8-4-7-11-26(22)32-27(23)18-19;1-22(2,3)20-16-23-21(18-12-8-5-9-13-18)15-19(20)14-17-10-6-4-7-11-17;/h4-11,13-18H,1-3H3;5,8-9,12,15-17H,4,6-7,10-11,14H2,1-3H3;/q2*-1;. The van der Waals surface area contributed by atoms with E-state index in [1.165, 1.54) is 64.3 Å². The summed E-state index contributed by atoms with van der Waals surface area (Å²) in [6, 6.07) is 47.6. The third-order valence-corrected chi connectivity index (χ3v) is 16.6. The zero-order chi connectivity index (χ0) is 38.2. The summed E-state index contributed by atoms with van der Waals surface area (Å²) in [7, 11) is 0. The van der Waals surface area contributed by atoms with E-state index in [0.717, 1.165) is 45.3 Å². The van der Waals surface area contributed by atoms with Gasteiger partial charge in [0.05, 0.1) is 16.9 Å². The second kappa shape index (κ2) is 16.9. The maximum atomic E-state index is 5.03. The Morgan fingerprint density at radius 1 is 0.768 bits per heavy atom. The van der Waals surface area contributed by atoms with Crippen LogP contribution in [0.2, 0.25) is 17.3 Å². The van der Waals surface area contributed by atoms with Gasteiger partial charge in [-0.05, 0) is 51.4 Å². The van der Waals surface area contributed by atoms with E-state index in [1.54, 1.807) is 9.96 Å². The van der Waals surface area contributed by atoms with Crippen LogP contribution in [0.5, 0.6) is 0 Å². The molecule has 3 heterocycles. The molecule has 0 saturated heterocycles. The molecule has 0 N–H and O–H groups in total. The smallest absolute Gasteiger partial charge is 0 e. The molecule has 6 heteroatoms. The fourth-order valence-electron chi connectivity index (χ4n) is 8.11. The molecule has 0 atom stereocenters. The van der Waals surface area contributed by atoms with E-state index in [1.807, 2.05) is 29.5 Å². The van der Waals surface area contributed by atoms with E-state index in [4.69, 9.17) is 9.97 Å². The summed E-state index contributed by atoms with van der Waals surface area (Å²) in [4.78, 5) is 9.81. The number of nitrogens with zero attached hydrogens (tertiary/aromatic N) is 3. The summed E-state index contributed by atoms with van der Waals surface area (Å²) in [6.45, 7) is 6.74. The van der Waals surface area contributed by atoms with Crippen molar-refractivity contribution in [1.82, 2.24) is 14.5 Å². The summed E-state index contributed by atoms with van der Waals surface area (Å²) in [5.41, 5.74) is 9.46. The van der Waals surface area contributed by atoms with Gasteiger partial charge in [0.1, 0.15) is 0 Å². The van der Waals surface area contributed by atoms with Crippen molar-refractivity contribution in [2.24, 2.45) is 5.92 Å². The number of hydrogen-bond acceptors (Lipinski definition) is 3. The number of pyridine rings is 1. The minimum atomic E-state index is -1.89. The van der Waals surface area contributed by atoms with Gasteiger partial charge < -0.3 is 4.57 Å². The van der Waals surface area contributed by atoms with Gasteiger partial charge in [-0.15, -0.1) is 23.8 Å². The van der Waals surface area contributed by atoms with E-state index >= 15 is 0 Å². The average molecular weight is 991 g/mol. The van der Waals surface area contributed by atoms with Gasteiger partial charge in [0, 0.05) is 30.5 Å². The molecule has 5 aromatic carbocycles. The van der Waals surface area contributed by atoms with Gasteiger partial charge in [-0.1, -0.05) is 68.6 Å². The average Bonchev–Trinajstić information content (AvgIpc) is 3.77. The van der Waals surface area contributed by atoms with Gasteiger partial charge in [0.25, 0.3) is 0 Å². The van der Waals surface area contributed by atoms with Crippen molar-refractivity contribution in [3.05, 3.63) is 145 Å². The Morgan fingerprint density at radius 3 is 2.23 bits per heavy atom. The predicted octanol–water partition coefficient (Wildman–Crippen LogP) is 13.4. The Balaban J connectivity index is 0.000000178. The first-order valence-electron chi connectivity index (χ1n) is 19.9. The van der Waals surface area contributed by atoms with Crippen molar-refractivity contribution >= 4 is 60.2 Å². The molecule has 0 aliphatic heterocycles. The summed E-state index contributed by atoms with van der Waals surface area (Å²) in [5, 5.41) is 2.55. The molecule has 1 aliphatic rings. The first-order valence-corrected chi connectivity index (χ1v) is 28.1. The molecule has 287 valence electrons. The minimum Gasteiger partial charge on any atom is 0 e. The minimum absolute atomic E-state index is 0. The van der Waals surface area contributed by atoms with Crippen LogP contribution >= 0.6 is 11.3 Å². The number of benzene rings is 5. The van der Waals surface area contributed by atoms with Crippen LogP contribution < -0.4 is 4.40 Å². The van der Waals surface area contributed by atoms with E-state index in [-0.39, 0.29) is 25.5 Å². The molecule has 1 aliphatic carbocycles. The summed E-state index contributed by atoms with van der Waals surface area (Å²) in [5.74, 6) is 9.25. The molecule has 56 heavy (non-hydrogen) atoms. The molecule has 0 amide bonds. The van der Waals surface area contributed by atoms with Gasteiger partial charge in [-0.25, -0.2) is 0 Å². The number of para-hydroxylation sites is 2. The van der Waals surface area contributed by atoms with Crippen LogP contribution in [0.15, 0.2) is 121 Å². The molecule has 3 nitrogen and oxygen atoms in total. The third-order valence-electron chi connectivity index (χ3n) is 11.1. The Bertz CT molecular complexity index is 2570. The third kappa shape index (κ3) is 8.67. The van der Waals surface area contributed by atoms with Crippen molar-refractivity contribution in [3.63, 3.8) is 0 Å². The first-order chi connectivity index (χ1) is 26.5. The number of rotatable bonds is 6. The van der Waals surface area contributed by atoms with Gasteiger partial charge in [-0.3, -0.25) is 4.98 Å². The van der Waals surface area contributed by atoms with Crippen LogP contribution in [0.1, 0.15) is 64.0 Å². The van der Waals surface area contributed by atoms with E-state index in [9.17, 15) is 0 Å². The van der Waals surface area contributed by atoms with Crippen molar-refractivity contribution in [2.45, 2.75) is 82.0 Å². The molecule has 0 bridgehead atoms. The monoisotopic (exact) mass is 992 g/mol. The fraction of sp³-hybridized carbons (Fsp3) is 0.280. The Labute approximate surface area is 353 Å². The molecule has 3 aromatic heterocycles. The summed E-state index contributed by atoms with van der Waals surface area (Å²) >= 11 is -0.0600. The van der Waals surface area contributed by atoms with Crippen molar-refractivity contribution in [3.8, 4) is 28.3 Å². The molecule has 9 rings (SSSR count). The van der Waals surface area contributed by atoms with Crippen LogP contribution in [0.25, 0.3) is 59.5 Å². The fourth-order valence-corrected chi connectivity index (χ4v) is 12.6. The van der Waals surface area contributed by atoms with Crippen molar-refractivity contribution in [2.75, 3.05) is 0 Å². The van der Waals surface area contributed by atoms with Crippen LogP contribution in [0.3, 0.4) is 0 Å². The number of aromatic nitrogens is 3. The molecule has 0 spiro atoms. The van der Waals surface area contributed by atoms with Crippen molar-refractivity contribution in [1.29, 1.82) is 0 Å². The normalized spacial score (nSPS) is 13.8. The van der Waals surface area contributed by atoms with Gasteiger partial charge in [0.15, 0.2) is 0 Å². The zero-order valence-electron chi connectivity index (χ0n) is 33.5. The summed E-state index contributed by atoms with van der Waals surface area (Å²) in [6.07, 6.45) is 10.5. The molecule has 1 saturated carbocycles. The predicted molar refractivity (Wildman–Crippen MR) is 239 cm³/mol. The summed E-state index contributed by atoms with van der Waals surface area (Å²) < 4.78 is 6.42. The maximum Gasteiger partial charge on any atom is 0 e. The second-order valence-electron chi connectivity index (χ2n) is 17.2. The Morgan fingerprint density at radius 2 is 1.50 bits per heavy atom. The SMILES string of the molecule is CC(C)(C)c1ccc(-n2c(-c3[c-]cc4c(c3)sc3ccccc34)nc3ccccc32)cc1.[CH3][Ge]([CH3])([CH3])[c]1cnc(-c2[c-]cccc2)cc1CC1CCCCC1.[Ir]. The number of imidazole rings is 1. The van der Waals surface area contributed by atoms with Crippen LogP contribution in [0, 0.1) is 18.1 Å². The number of thiophene rings is 1. The molecular formula is C50H51GeIrN3S-2. The van der Waals surface area contributed by atoms with Crippen LogP contribution in [-0.4, -0.2) is 27.8 Å². The van der Waals surface area contributed by atoms with E-state index in [0.29, 0.717) is 0 Å². The number of fused-ring (bicyclic) bond motifs is 4. The maximum absolute atomic E-state index is 5.03. The van der Waals surface area contributed by atoms with E-state index < -0.39 is 13.3 Å². The largest absolute Gasteiger partial charge is 0 e. The first kappa shape index (κ1) is 40.3. The number of hydrogen-bond donors (Lipinski definition) is 0.